The first-order chi connectivity index (χ1) is 6.63. The Balaban J connectivity index is 4.68. The number of carboxylic acid groups (broad SMARTS) is 1. The summed E-state index contributed by atoms with van der Waals surface area (Å²) in [4.78, 5) is 22.4. The van der Waals surface area contributed by atoms with Crippen LogP contribution in [-0.2, 0) is 14.3 Å². The van der Waals surface area contributed by atoms with Crippen molar-refractivity contribution in [2.75, 3.05) is 12.9 Å². The van der Waals surface area contributed by atoms with Crippen molar-refractivity contribution >= 4 is 23.7 Å². The molecule has 0 spiro atoms. The second kappa shape index (κ2) is 4.88. The molecule has 0 amide bonds. The van der Waals surface area contributed by atoms with E-state index in [1.165, 1.54) is 25.8 Å². The van der Waals surface area contributed by atoms with Crippen LogP contribution in [0.15, 0.2) is 0 Å². The molecule has 1 N–H and O–H groups in total. The van der Waals surface area contributed by atoms with Crippen molar-refractivity contribution in [3.8, 4) is 0 Å². The van der Waals surface area contributed by atoms with Crippen LogP contribution in [0.3, 0.4) is 0 Å². The highest BCUT2D eigenvalue weighted by molar-refractivity contribution is 8.00. The fraction of sp³-hybridized carbons (Fsp3) is 0.800. The van der Waals surface area contributed by atoms with Gasteiger partial charge in [-0.3, -0.25) is 9.59 Å². The number of carboxylic acids is 1. The molecule has 1 unspecified atom stereocenters. The molecule has 0 heterocycles. The van der Waals surface area contributed by atoms with E-state index in [1.807, 2.05) is 20.8 Å². The van der Waals surface area contributed by atoms with Crippen LogP contribution in [0.1, 0.15) is 27.7 Å². The highest BCUT2D eigenvalue weighted by Gasteiger charge is 2.43. The first-order valence-electron chi connectivity index (χ1n) is 4.59. The molecule has 88 valence electrons. The summed E-state index contributed by atoms with van der Waals surface area (Å²) in [6, 6.07) is 0. The summed E-state index contributed by atoms with van der Waals surface area (Å²) in [5, 5.41) is 9.02. The van der Waals surface area contributed by atoms with Crippen LogP contribution < -0.4 is 0 Å². The third-order valence-electron chi connectivity index (χ3n) is 1.90. The Hall–Kier alpha value is -0.710. The first-order valence-corrected chi connectivity index (χ1v) is 5.58. The van der Waals surface area contributed by atoms with Gasteiger partial charge < -0.3 is 9.84 Å². The van der Waals surface area contributed by atoms with Crippen LogP contribution >= 0.6 is 11.8 Å². The summed E-state index contributed by atoms with van der Waals surface area (Å²) < 4.78 is 4.43. The van der Waals surface area contributed by atoms with Gasteiger partial charge in [0.1, 0.15) is 0 Å². The number of rotatable bonds is 4. The zero-order valence-electron chi connectivity index (χ0n) is 9.79. The molecule has 4 nitrogen and oxygen atoms in total. The van der Waals surface area contributed by atoms with Crippen LogP contribution in [0.25, 0.3) is 0 Å². The van der Waals surface area contributed by atoms with Gasteiger partial charge in [-0.25, -0.2) is 0 Å². The van der Waals surface area contributed by atoms with Crippen LogP contribution in [0.4, 0.5) is 0 Å². The number of carbonyl (C=O) groups is 2. The smallest absolute Gasteiger partial charge is 0.323 e. The van der Waals surface area contributed by atoms with Gasteiger partial charge in [-0.05, 0) is 6.92 Å². The number of hydrogen-bond acceptors (Lipinski definition) is 4. The molecule has 0 rings (SSSR count). The molecule has 0 bridgehead atoms. The topological polar surface area (TPSA) is 63.6 Å². The summed E-state index contributed by atoms with van der Waals surface area (Å²) in [5.41, 5.74) is -1.47. The Bertz CT molecular complexity index is 257. The number of ether oxygens (including phenoxy) is 1. The molecule has 0 aromatic rings. The first kappa shape index (κ1) is 14.3. The molecular formula is C10H18O4S. The number of carbonyl (C=O) groups excluding carboxylic acids is 1. The van der Waals surface area contributed by atoms with E-state index < -0.39 is 17.4 Å². The van der Waals surface area contributed by atoms with E-state index >= 15 is 0 Å². The second-order valence-corrected chi connectivity index (χ2v) is 6.33. The van der Waals surface area contributed by atoms with Gasteiger partial charge in [0.25, 0.3) is 0 Å². The lowest BCUT2D eigenvalue weighted by atomic mass is 9.94. The van der Waals surface area contributed by atoms with E-state index in [-0.39, 0.29) is 10.5 Å². The molecule has 0 saturated heterocycles. The predicted molar refractivity (Wildman–Crippen MR) is 60.0 cm³/mol. The van der Waals surface area contributed by atoms with Crippen LogP contribution in [0, 0.1) is 5.41 Å². The van der Waals surface area contributed by atoms with Crippen molar-refractivity contribution < 1.29 is 19.4 Å². The van der Waals surface area contributed by atoms with Gasteiger partial charge in [-0.2, -0.15) is 11.8 Å². The van der Waals surface area contributed by atoms with Crippen molar-refractivity contribution in [3.05, 3.63) is 0 Å². The summed E-state index contributed by atoms with van der Waals surface area (Å²) >= 11 is 1.43. The second-order valence-electron chi connectivity index (χ2n) is 4.53. The fourth-order valence-electron chi connectivity index (χ4n) is 0.794. The van der Waals surface area contributed by atoms with E-state index in [9.17, 15) is 9.59 Å². The molecule has 0 aliphatic heterocycles. The summed E-state index contributed by atoms with van der Waals surface area (Å²) in [6.07, 6.45) is 0. The van der Waals surface area contributed by atoms with E-state index in [4.69, 9.17) is 5.11 Å². The third kappa shape index (κ3) is 4.11. The lowest BCUT2D eigenvalue weighted by Crippen LogP contribution is -2.40. The molecular weight excluding hydrogens is 216 g/mol. The summed E-state index contributed by atoms with van der Waals surface area (Å²) in [5.74, 6) is -1.64. The van der Waals surface area contributed by atoms with Gasteiger partial charge in [0.2, 0.25) is 0 Å². The normalized spacial score (nSPS) is 15.5. The van der Waals surface area contributed by atoms with Gasteiger partial charge in [-0.1, -0.05) is 20.8 Å². The maximum absolute atomic E-state index is 11.4. The molecule has 0 radical (unpaired) electrons. The highest BCUT2D eigenvalue weighted by Crippen LogP contribution is 2.32. The van der Waals surface area contributed by atoms with Crippen molar-refractivity contribution in [1.29, 1.82) is 0 Å². The van der Waals surface area contributed by atoms with E-state index in [2.05, 4.69) is 4.74 Å². The van der Waals surface area contributed by atoms with Crippen LogP contribution in [-0.4, -0.2) is 34.7 Å². The number of methoxy groups -OCH3 is 1. The zero-order chi connectivity index (χ0) is 12.3. The Morgan fingerprint density at radius 3 is 2.00 bits per heavy atom. The Labute approximate surface area is 94.4 Å². The average Bonchev–Trinajstić information content (AvgIpc) is 2.11. The molecule has 0 aromatic carbocycles. The number of aliphatic carboxylic acids is 1. The van der Waals surface area contributed by atoms with Gasteiger partial charge in [0.05, 0.1) is 7.11 Å². The van der Waals surface area contributed by atoms with Crippen molar-refractivity contribution in [2.45, 2.75) is 32.4 Å². The van der Waals surface area contributed by atoms with Crippen molar-refractivity contribution in [3.63, 3.8) is 0 Å². The summed E-state index contributed by atoms with van der Waals surface area (Å²) in [7, 11) is 1.20. The molecule has 0 fully saturated rings. The van der Waals surface area contributed by atoms with Crippen LogP contribution in [0.5, 0.6) is 0 Å². The highest BCUT2D eigenvalue weighted by atomic mass is 32.2. The molecule has 1 atom stereocenters. The minimum Gasteiger partial charge on any atom is -0.480 e. The third-order valence-corrected chi connectivity index (χ3v) is 3.49. The predicted octanol–water partition coefficient (Wildman–Crippen LogP) is 1.78. The molecule has 0 aliphatic carbocycles. The van der Waals surface area contributed by atoms with Gasteiger partial charge in [0.15, 0.2) is 5.41 Å². The van der Waals surface area contributed by atoms with Gasteiger partial charge >= 0.3 is 11.9 Å². The monoisotopic (exact) mass is 234 g/mol. The maximum Gasteiger partial charge on any atom is 0.323 e. The average molecular weight is 234 g/mol. The Kier molecular flexibility index (Phi) is 4.65. The molecule has 0 aromatic heterocycles. The SMILES string of the molecule is COC(=O)C(C)(CSC(C)(C)C)C(=O)O. The van der Waals surface area contributed by atoms with E-state index in [1.54, 1.807) is 0 Å². The standard InChI is InChI=1S/C10H18O4S/c1-9(2,3)15-6-10(4,7(11)12)8(13)14-5/h6H2,1-5H3,(H,11,12). The molecule has 0 saturated carbocycles. The summed E-state index contributed by atoms with van der Waals surface area (Å²) in [6.45, 7) is 7.30. The van der Waals surface area contributed by atoms with Crippen LogP contribution in [0.2, 0.25) is 0 Å². The van der Waals surface area contributed by atoms with Crippen molar-refractivity contribution in [1.82, 2.24) is 0 Å². The zero-order valence-corrected chi connectivity index (χ0v) is 10.6. The van der Waals surface area contributed by atoms with Gasteiger partial charge in [-0.15, -0.1) is 0 Å². The van der Waals surface area contributed by atoms with Crippen molar-refractivity contribution in [2.24, 2.45) is 5.41 Å². The lowest BCUT2D eigenvalue weighted by Gasteiger charge is -2.26. The Morgan fingerprint density at radius 2 is 1.73 bits per heavy atom. The Morgan fingerprint density at radius 1 is 1.27 bits per heavy atom. The largest absolute Gasteiger partial charge is 0.480 e. The van der Waals surface area contributed by atoms with E-state index in [0.717, 1.165) is 0 Å². The fourth-order valence-corrected chi connectivity index (χ4v) is 1.76. The van der Waals surface area contributed by atoms with Gasteiger partial charge in [0, 0.05) is 10.5 Å². The minimum absolute atomic E-state index is 0.0786. The molecule has 5 heteroatoms. The maximum atomic E-state index is 11.4. The number of esters is 1. The number of thioether (sulfide) groups is 1. The lowest BCUT2D eigenvalue weighted by molar-refractivity contribution is -0.163. The number of hydrogen-bond donors (Lipinski definition) is 1. The van der Waals surface area contributed by atoms with E-state index in [0.29, 0.717) is 0 Å². The molecule has 0 aliphatic rings. The minimum atomic E-state index is -1.47. The molecule has 15 heavy (non-hydrogen) atoms. The quantitative estimate of drug-likeness (QED) is 0.593.